The van der Waals surface area contributed by atoms with Crippen molar-refractivity contribution in [2.45, 2.75) is 18.9 Å². The maximum Gasteiger partial charge on any atom is 0.348 e. The van der Waals surface area contributed by atoms with Gasteiger partial charge in [0.25, 0.3) is 5.91 Å². The van der Waals surface area contributed by atoms with Gasteiger partial charge in [-0.05, 0) is 6.42 Å². The predicted octanol–water partition coefficient (Wildman–Crippen LogP) is -1.02. The van der Waals surface area contributed by atoms with Crippen molar-refractivity contribution in [3.8, 4) is 0 Å². The van der Waals surface area contributed by atoms with Crippen LogP contribution in [0.25, 0.3) is 5.65 Å². The molecule has 9 heteroatoms. The van der Waals surface area contributed by atoms with Gasteiger partial charge < -0.3 is 5.32 Å². The fraction of sp³-hybridized carbons (Fsp3) is 0.364. The highest BCUT2D eigenvalue weighted by Gasteiger charge is 2.31. The smallest absolute Gasteiger partial charge is 0.348 e. The molecule has 3 rings (SSSR count). The molecule has 3 heterocycles. The van der Waals surface area contributed by atoms with Gasteiger partial charge in [0.1, 0.15) is 18.2 Å². The van der Waals surface area contributed by atoms with Gasteiger partial charge in [0.15, 0.2) is 5.65 Å². The predicted molar refractivity (Wildman–Crippen MR) is 68.0 cm³/mol. The summed E-state index contributed by atoms with van der Waals surface area (Å²) in [6.07, 6.45) is 2.05. The molecule has 1 aliphatic rings. The number of nitrogens with zero attached hydrogens (tertiary/aromatic N) is 4. The highest BCUT2D eigenvalue weighted by Crippen LogP contribution is 2.16. The van der Waals surface area contributed by atoms with Crippen LogP contribution in [0, 0.1) is 0 Å². The first-order chi connectivity index (χ1) is 9.56. The molecule has 2 aromatic rings. The number of rotatable bonds is 2. The Hall–Kier alpha value is -2.71. The molecule has 1 saturated heterocycles. The van der Waals surface area contributed by atoms with Crippen LogP contribution in [-0.4, -0.2) is 49.4 Å². The summed E-state index contributed by atoms with van der Waals surface area (Å²) in [6, 6.07) is 1.06. The molecule has 1 unspecified atom stereocenters. The van der Waals surface area contributed by atoms with E-state index in [4.69, 9.17) is 0 Å². The Morgan fingerprint density at radius 1 is 1.40 bits per heavy atom. The maximum atomic E-state index is 11.9. The number of imide groups is 1. The molecule has 9 nitrogen and oxygen atoms in total. The molecule has 0 bridgehead atoms. The van der Waals surface area contributed by atoms with Crippen molar-refractivity contribution in [2.24, 2.45) is 0 Å². The fourth-order valence-corrected chi connectivity index (χ4v) is 2.12. The summed E-state index contributed by atoms with van der Waals surface area (Å²) >= 11 is 0. The van der Waals surface area contributed by atoms with E-state index in [9.17, 15) is 14.4 Å². The number of amides is 2. The Morgan fingerprint density at radius 3 is 3.00 bits per heavy atom. The molecule has 1 fully saturated rings. The zero-order chi connectivity index (χ0) is 14.3. The number of carbonyl (C=O) groups is 2. The third-order valence-corrected chi connectivity index (χ3v) is 3.28. The summed E-state index contributed by atoms with van der Waals surface area (Å²) in [5.41, 5.74) is 0.0262. The fourth-order valence-electron chi connectivity index (χ4n) is 2.12. The van der Waals surface area contributed by atoms with Gasteiger partial charge in [-0.1, -0.05) is 0 Å². The number of aromatic nitrogens is 4. The van der Waals surface area contributed by atoms with Crippen LogP contribution in [-0.2, 0) is 9.59 Å². The zero-order valence-corrected chi connectivity index (χ0v) is 10.7. The number of likely N-dealkylation sites (N-methyl/N-ethyl adjacent to an activating group) is 1. The number of piperidine rings is 1. The first-order valence-corrected chi connectivity index (χ1v) is 6.06. The Balaban J connectivity index is 1.84. The van der Waals surface area contributed by atoms with Crippen LogP contribution in [0.3, 0.4) is 0 Å². The number of H-pyrrole nitrogens is 1. The number of fused-ring (bicyclic) bond motifs is 1. The van der Waals surface area contributed by atoms with E-state index in [0.29, 0.717) is 24.3 Å². The maximum absolute atomic E-state index is 11.9. The van der Waals surface area contributed by atoms with E-state index in [-0.39, 0.29) is 17.5 Å². The monoisotopic (exact) mass is 276 g/mol. The molecule has 20 heavy (non-hydrogen) atoms. The molecule has 2 amide bonds. The van der Waals surface area contributed by atoms with Gasteiger partial charge in [0, 0.05) is 19.5 Å². The quantitative estimate of drug-likeness (QED) is 0.679. The van der Waals surface area contributed by atoms with Gasteiger partial charge in [-0.25, -0.2) is 19.3 Å². The van der Waals surface area contributed by atoms with Gasteiger partial charge in [0.2, 0.25) is 5.91 Å². The minimum absolute atomic E-state index is 0.185. The van der Waals surface area contributed by atoms with Crippen LogP contribution in [0.1, 0.15) is 12.8 Å². The largest absolute Gasteiger partial charge is 0.358 e. The van der Waals surface area contributed by atoms with E-state index in [0.717, 1.165) is 4.90 Å². The third-order valence-electron chi connectivity index (χ3n) is 3.28. The summed E-state index contributed by atoms with van der Waals surface area (Å²) in [5.74, 6) is -0.0461. The summed E-state index contributed by atoms with van der Waals surface area (Å²) in [4.78, 5) is 39.8. The van der Waals surface area contributed by atoms with Gasteiger partial charge in [-0.3, -0.25) is 14.5 Å². The van der Waals surface area contributed by atoms with Crippen molar-refractivity contribution in [1.29, 1.82) is 0 Å². The van der Waals surface area contributed by atoms with E-state index in [2.05, 4.69) is 20.5 Å². The van der Waals surface area contributed by atoms with Gasteiger partial charge in [-0.15, -0.1) is 0 Å². The number of hydrogen-bond acceptors (Lipinski definition) is 6. The van der Waals surface area contributed by atoms with Gasteiger partial charge >= 0.3 is 5.69 Å². The summed E-state index contributed by atoms with van der Waals surface area (Å²) < 4.78 is 1.25. The Kier molecular flexibility index (Phi) is 2.74. The molecular formula is C11H12N6O3. The number of anilines is 1. The number of carbonyl (C=O) groups excluding carboxylic acids is 2. The van der Waals surface area contributed by atoms with Crippen molar-refractivity contribution >= 4 is 23.3 Å². The minimum Gasteiger partial charge on any atom is -0.358 e. The molecule has 104 valence electrons. The first-order valence-electron chi connectivity index (χ1n) is 6.06. The van der Waals surface area contributed by atoms with Crippen LogP contribution in [0.5, 0.6) is 0 Å². The molecule has 2 N–H and O–H groups in total. The number of hydrogen-bond donors (Lipinski definition) is 2. The van der Waals surface area contributed by atoms with E-state index in [1.807, 2.05) is 0 Å². The Labute approximate surface area is 112 Å². The van der Waals surface area contributed by atoms with Gasteiger partial charge in [-0.2, -0.15) is 5.10 Å². The zero-order valence-electron chi connectivity index (χ0n) is 10.7. The molecular weight excluding hydrogens is 264 g/mol. The number of nitrogens with one attached hydrogen (secondary N) is 2. The lowest BCUT2D eigenvalue weighted by molar-refractivity contribution is -0.146. The van der Waals surface area contributed by atoms with Crippen molar-refractivity contribution < 1.29 is 9.59 Å². The molecule has 0 aliphatic carbocycles. The lowest BCUT2D eigenvalue weighted by Gasteiger charge is -2.28. The van der Waals surface area contributed by atoms with Crippen LogP contribution < -0.4 is 11.0 Å². The van der Waals surface area contributed by atoms with Crippen LogP contribution >= 0.6 is 0 Å². The van der Waals surface area contributed by atoms with Crippen molar-refractivity contribution in [1.82, 2.24) is 24.5 Å². The second kappa shape index (κ2) is 4.44. The van der Waals surface area contributed by atoms with E-state index < -0.39 is 6.04 Å². The second-order valence-corrected chi connectivity index (χ2v) is 4.56. The third kappa shape index (κ3) is 1.92. The SMILES string of the molecule is CN1C(=O)CCC(Nc2cc3n[nH]c(=O)n3cn2)C1=O. The van der Waals surface area contributed by atoms with Crippen LogP contribution in [0.4, 0.5) is 5.82 Å². The summed E-state index contributed by atoms with van der Waals surface area (Å²) in [7, 11) is 1.46. The molecule has 1 aliphatic heterocycles. The highest BCUT2D eigenvalue weighted by atomic mass is 16.2. The first kappa shape index (κ1) is 12.3. The number of likely N-dealkylation sites (tertiary alicyclic amines) is 1. The van der Waals surface area contributed by atoms with Crippen molar-refractivity contribution in [3.05, 3.63) is 22.9 Å². The average Bonchev–Trinajstić information content (AvgIpc) is 2.81. The van der Waals surface area contributed by atoms with Gasteiger partial charge in [0.05, 0.1) is 0 Å². The highest BCUT2D eigenvalue weighted by molar-refractivity contribution is 6.01. The molecule has 0 radical (unpaired) electrons. The standard InChI is InChI=1S/C11H12N6O3/c1-16-9(18)3-2-6(10(16)19)13-7-4-8-14-15-11(20)17(8)5-12-7/h4-6,13H,2-3H2,1H3,(H,15,20). The number of aromatic amines is 1. The Bertz CT molecular complexity index is 748. The topological polar surface area (TPSA) is 112 Å². The lowest BCUT2D eigenvalue weighted by atomic mass is 10.0. The van der Waals surface area contributed by atoms with E-state index >= 15 is 0 Å². The minimum atomic E-state index is -0.502. The second-order valence-electron chi connectivity index (χ2n) is 4.56. The average molecular weight is 276 g/mol. The lowest BCUT2D eigenvalue weighted by Crippen LogP contribution is -2.48. The van der Waals surface area contributed by atoms with Crippen LogP contribution in [0.15, 0.2) is 17.2 Å². The normalized spacial score (nSPS) is 19.6. The van der Waals surface area contributed by atoms with Crippen molar-refractivity contribution in [3.63, 3.8) is 0 Å². The summed E-state index contributed by atoms with van der Waals surface area (Å²) in [5, 5.41) is 9.07. The van der Waals surface area contributed by atoms with Crippen molar-refractivity contribution in [2.75, 3.05) is 12.4 Å². The van der Waals surface area contributed by atoms with E-state index in [1.54, 1.807) is 6.07 Å². The molecule has 1 atom stereocenters. The molecule has 0 aromatic carbocycles. The molecule has 0 saturated carbocycles. The molecule has 0 spiro atoms. The molecule has 2 aromatic heterocycles. The summed E-state index contributed by atoms with van der Waals surface area (Å²) in [6.45, 7) is 0. The Morgan fingerprint density at radius 2 is 2.20 bits per heavy atom. The van der Waals surface area contributed by atoms with Crippen LogP contribution in [0.2, 0.25) is 0 Å². The van der Waals surface area contributed by atoms with E-state index in [1.165, 1.54) is 17.8 Å².